The number of nitrogens with zero attached hydrogens (tertiary/aromatic N) is 4. The van der Waals surface area contributed by atoms with Crippen LogP contribution < -0.4 is 16.0 Å². The largest absolute Gasteiger partial charge is 0.366 e. The number of carbonyl (C=O) groups excluding carboxylic acids is 2. The molecule has 0 bridgehead atoms. The van der Waals surface area contributed by atoms with Crippen LogP contribution in [0.1, 0.15) is 15.9 Å². The van der Waals surface area contributed by atoms with Crippen LogP contribution in [0.25, 0.3) is 0 Å². The van der Waals surface area contributed by atoms with E-state index in [1.807, 2.05) is 4.57 Å². The van der Waals surface area contributed by atoms with E-state index in [0.29, 0.717) is 16.4 Å². The smallest absolute Gasteiger partial charge is 0.248 e. The molecule has 2 heterocycles. The molecule has 29 heavy (non-hydrogen) atoms. The molecular weight excluding hydrogens is 388 g/mol. The molecule has 3 aromatic rings. The van der Waals surface area contributed by atoms with Crippen LogP contribution >= 0.6 is 11.8 Å². The topological polar surface area (TPSA) is 106 Å². The molecule has 4 rings (SSSR count). The number of primary amides is 1. The fraction of sp³-hybridized carbons (Fsp3) is 0.200. The van der Waals surface area contributed by atoms with Gasteiger partial charge in [0.15, 0.2) is 5.16 Å². The number of nitrogens with two attached hydrogens (primary N) is 1. The van der Waals surface area contributed by atoms with Gasteiger partial charge in [-0.15, -0.1) is 10.2 Å². The highest BCUT2D eigenvalue weighted by molar-refractivity contribution is 7.99. The van der Waals surface area contributed by atoms with Crippen molar-refractivity contribution in [1.29, 1.82) is 0 Å². The fourth-order valence-electron chi connectivity index (χ4n) is 3.10. The highest BCUT2D eigenvalue weighted by Crippen LogP contribution is 2.32. The number of rotatable bonds is 6. The van der Waals surface area contributed by atoms with Gasteiger partial charge in [0.2, 0.25) is 17.8 Å². The quantitative estimate of drug-likeness (QED) is 0.607. The third-order valence-electron chi connectivity index (χ3n) is 4.62. The zero-order valence-corrected chi connectivity index (χ0v) is 16.6. The molecule has 0 atom stereocenters. The second kappa shape index (κ2) is 7.96. The Morgan fingerprint density at radius 2 is 1.79 bits per heavy atom. The Kier molecular flexibility index (Phi) is 5.22. The van der Waals surface area contributed by atoms with Gasteiger partial charge in [-0.05, 0) is 43.3 Å². The second-order valence-electron chi connectivity index (χ2n) is 6.70. The lowest BCUT2D eigenvalue weighted by Crippen LogP contribution is -2.15. The summed E-state index contributed by atoms with van der Waals surface area (Å²) < 4.78 is 2.03. The summed E-state index contributed by atoms with van der Waals surface area (Å²) in [5.74, 6) is 0.338. The minimum absolute atomic E-state index is 0.160. The summed E-state index contributed by atoms with van der Waals surface area (Å²) in [6, 6.07) is 14.8. The minimum Gasteiger partial charge on any atom is -0.366 e. The van der Waals surface area contributed by atoms with Crippen molar-refractivity contribution >= 4 is 40.9 Å². The van der Waals surface area contributed by atoms with E-state index >= 15 is 0 Å². The molecule has 0 saturated carbocycles. The second-order valence-corrected chi connectivity index (χ2v) is 7.64. The average molecular weight is 408 g/mol. The van der Waals surface area contributed by atoms with E-state index in [-0.39, 0.29) is 11.7 Å². The number of nitrogens with one attached hydrogen (secondary N) is 1. The first kappa shape index (κ1) is 19.0. The summed E-state index contributed by atoms with van der Waals surface area (Å²) in [7, 11) is 0. The summed E-state index contributed by atoms with van der Waals surface area (Å²) in [6.45, 7) is 3.65. The van der Waals surface area contributed by atoms with Crippen LogP contribution in [0, 0.1) is 6.92 Å². The number of hydrogen-bond donors (Lipinski definition) is 2. The van der Waals surface area contributed by atoms with Crippen molar-refractivity contribution in [3.63, 3.8) is 0 Å². The zero-order chi connectivity index (χ0) is 20.4. The van der Waals surface area contributed by atoms with Gasteiger partial charge >= 0.3 is 0 Å². The van der Waals surface area contributed by atoms with E-state index in [1.165, 1.54) is 17.3 Å². The molecule has 3 N–H and O–H groups in total. The molecule has 0 saturated heterocycles. The SMILES string of the molecule is Cc1ccc(N2CCn3c(SCC(=O)Nc4ccc(C(N)=O)cc4)nnc32)cc1. The molecule has 0 unspecified atom stereocenters. The van der Waals surface area contributed by atoms with Gasteiger partial charge in [0.05, 0.1) is 5.75 Å². The molecule has 2 amide bonds. The third kappa shape index (κ3) is 4.09. The number of amides is 2. The van der Waals surface area contributed by atoms with Crippen LogP contribution in [0.2, 0.25) is 0 Å². The zero-order valence-electron chi connectivity index (χ0n) is 15.8. The molecule has 0 fully saturated rings. The van der Waals surface area contributed by atoms with Crippen molar-refractivity contribution in [2.24, 2.45) is 5.73 Å². The van der Waals surface area contributed by atoms with Crippen molar-refractivity contribution < 1.29 is 9.59 Å². The van der Waals surface area contributed by atoms with E-state index in [2.05, 4.69) is 51.6 Å². The van der Waals surface area contributed by atoms with Crippen molar-refractivity contribution in [1.82, 2.24) is 14.8 Å². The number of hydrogen-bond acceptors (Lipinski definition) is 6. The number of aromatic nitrogens is 3. The van der Waals surface area contributed by atoms with Crippen LogP contribution in [-0.2, 0) is 11.3 Å². The normalized spacial score (nSPS) is 12.7. The molecule has 0 radical (unpaired) electrons. The van der Waals surface area contributed by atoms with E-state index in [9.17, 15) is 9.59 Å². The molecule has 9 heteroatoms. The maximum Gasteiger partial charge on any atom is 0.248 e. The summed E-state index contributed by atoms with van der Waals surface area (Å²) in [4.78, 5) is 25.5. The number of benzene rings is 2. The first-order valence-electron chi connectivity index (χ1n) is 9.11. The standard InChI is InChI=1S/C20H20N6O2S/c1-13-2-8-16(9-3-13)25-10-11-26-19(25)23-24-20(26)29-12-17(27)22-15-6-4-14(5-7-15)18(21)28/h2-9H,10-12H2,1H3,(H2,21,28)(H,22,27). The van der Waals surface area contributed by atoms with Crippen LogP contribution in [0.5, 0.6) is 0 Å². The van der Waals surface area contributed by atoms with Crippen LogP contribution in [0.15, 0.2) is 53.7 Å². The van der Waals surface area contributed by atoms with Gasteiger partial charge < -0.3 is 16.0 Å². The highest BCUT2D eigenvalue weighted by atomic mass is 32.2. The summed E-state index contributed by atoms with van der Waals surface area (Å²) in [6.07, 6.45) is 0. The Bertz CT molecular complexity index is 1050. The Balaban J connectivity index is 1.37. The predicted molar refractivity (Wildman–Crippen MR) is 113 cm³/mol. The summed E-state index contributed by atoms with van der Waals surface area (Å²) in [5, 5.41) is 12.1. The number of fused-ring (bicyclic) bond motifs is 1. The lowest BCUT2D eigenvalue weighted by molar-refractivity contribution is -0.113. The van der Waals surface area contributed by atoms with Crippen molar-refractivity contribution in [2.45, 2.75) is 18.6 Å². The van der Waals surface area contributed by atoms with E-state index in [0.717, 1.165) is 24.7 Å². The molecule has 8 nitrogen and oxygen atoms in total. The molecule has 2 aromatic carbocycles. The van der Waals surface area contributed by atoms with Gasteiger partial charge in [-0.2, -0.15) is 0 Å². The van der Waals surface area contributed by atoms with Gasteiger partial charge in [0, 0.05) is 30.0 Å². The number of thioether (sulfide) groups is 1. The Morgan fingerprint density at radius 1 is 1.07 bits per heavy atom. The molecule has 1 aromatic heterocycles. The average Bonchev–Trinajstić information content (AvgIpc) is 3.30. The van der Waals surface area contributed by atoms with Gasteiger partial charge in [-0.1, -0.05) is 29.5 Å². The first-order valence-corrected chi connectivity index (χ1v) is 10.1. The third-order valence-corrected chi connectivity index (χ3v) is 5.58. The van der Waals surface area contributed by atoms with Gasteiger partial charge in [0.1, 0.15) is 0 Å². The lowest BCUT2D eigenvalue weighted by Gasteiger charge is -2.15. The Labute approximate surface area is 172 Å². The monoisotopic (exact) mass is 408 g/mol. The number of carbonyl (C=O) groups is 2. The Morgan fingerprint density at radius 3 is 2.48 bits per heavy atom. The maximum absolute atomic E-state index is 12.3. The molecule has 0 spiro atoms. The van der Waals surface area contributed by atoms with Gasteiger partial charge in [0.25, 0.3) is 0 Å². The summed E-state index contributed by atoms with van der Waals surface area (Å²) >= 11 is 1.34. The molecule has 0 aliphatic carbocycles. The van der Waals surface area contributed by atoms with E-state index in [4.69, 9.17) is 5.73 Å². The van der Waals surface area contributed by atoms with Gasteiger partial charge in [-0.25, -0.2) is 0 Å². The molecular formula is C20H20N6O2S. The number of anilines is 3. The highest BCUT2D eigenvalue weighted by Gasteiger charge is 2.26. The van der Waals surface area contributed by atoms with Crippen molar-refractivity contribution in [3.8, 4) is 0 Å². The molecule has 1 aliphatic heterocycles. The molecule has 148 valence electrons. The van der Waals surface area contributed by atoms with Crippen LogP contribution in [-0.4, -0.2) is 38.9 Å². The van der Waals surface area contributed by atoms with Crippen LogP contribution in [0.3, 0.4) is 0 Å². The lowest BCUT2D eigenvalue weighted by atomic mass is 10.2. The summed E-state index contributed by atoms with van der Waals surface area (Å²) in [5.41, 5.74) is 8.51. The fourth-order valence-corrected chi connectivity index (χ4v) is 3.86. The van der Waals surface area contributed by atoms with Crippen LogP contribution in [0.4, 0.5) is 17.3 Å². The first-order chi connectivity index (χ1) is 14.0. The number of aryl methyl sites for hydroxylation is 1. The Hall–Kier alpha value is -3.33. The predicted octanol–water partition coefficient (Wildman–Crippen LogP) is 2.57. The van der Waals surface area contributed by atoms with Crippen molar-refractivity contribution in [2.75, 3.05) is 22.5 Å². The van der Waals surface area contributed by atoms with Crippen molar-refractivity contribution in [3.05, 3.63) is 59.7 Å². The van der Waals surface area contributed by atoms with E-state index in [1.54, 1.807) is 24.3 Å². The van der Waals surface area contributed by atoms with E-state index < -0.39 is 5.91 Å². The maximum atomic E-state index is 12.3. The molecule has 1 aliphatic rings. The van der Waals surface area contributed by atoms with Gasteiger partial charge in [-0.3, -0.25) is 14.2 Å². The minimum atomic E-state index is -0.501.